The second kappa shape index (κ2) is 7.73. The summed E-state index contributed by atoms with van der Waals surface area (Å²) in [6.07, 6.45) is 5.59. The van der Waals surface area contributed by atoms with Crippen LogP contribution in [-0.4, -0.2) is 15.6 Å². The molecule has 2 aromatic heterocycles. The molecule has 1 N–H and O–H groups in total. The van der Waals surface area contributed by atoms with Gasteiger partial charge in [-0.3, -0.25) is 4.79 Å². The summed E-state index contributed by atoms with van der Waals surface area (Å²) in [7, 11) is 0. The number of aromatic nitrogens is 2. The van der Waals surface area contributed by atoms with Gasteiger partial charge in [0.1, 0.15) is 5.65 Å². The van der Waals surface area contributed by atoms with Crippen molar-refractivity contribution in [2.24, 2.45) is 0 Å². The third-order valence-electron chi connectivity index (χ3n) is 5.98. The Morgan fingerprint density at radius 1 is 1.13 bits per heavy atom. The van der Waals surface area contributed by atoms with Crippen molar-refractivity contribution in [3.8, 4) is 17.2 Å². The topological polar surface area (TPSA) is 70.7 Å². The zero-order valence-electron chi connectivity index (χ0n) is 17.3. The Labute approximate surface area is 180 Å². The largest absolute Gasteiger partial charge is 0.380 e. The van der Waals surface area contributed by atoms with E-state index in [0.29, 0.717) is 34.7 Å². The number of fused-ring (bicyclic) bond motifs is 2. The van der Waals surface area contributed by atoms with Crippen LogP contribution < -0.4 is 10.7 Å². The molecule has 0 fully saturated rings. The summed E-state index contributed by atoms with van der Waals surface area (Å²) in [6, 6.07) is 20.0. The monoisotopic (exact) mass is 406 g/mol. The normalized spacial score (nSPS) is 13.2. The molecule has 5 heteroatoms. The van der Waals surface area contributed by atoms with E-state index in [9.17, 15) is 10.1 Å². The first-order chi connectivity index (χ1) is 15.2. The summed E-state index contributed by atoms with van der Waals surface area (Å²) in [4.78, 5) is 18.0. The highest BCUT2D eigenvalue weighted by Crippen LogP contribution is 2.26. The van der Waals surface area contributed by atoms with E-state index in [4.69, 9.17) is 0 Å². The van der Waals surface area contributed by atoms with Crippen molar-refractivity contribution in [3.05, 3.63) is 93.9 Å². The van der Waals surface area contributed by atoms with E-state index >= 15 is 0 Å². The van der Waals surface area contributed by atoms with Gasteiger partial charge >= 0.3 is 0 Å². The predicted molar refractivity (Wildman–Crippen MR) is 123 cm³/mol. The van der Waals surface area contributed by atoms with Crippen LogP contribution in [0.25, 0.3) is 22.2 Å². The lowest BCUT2D eigenvalue weighted by Gasteiger charge is -2.16. The number of aryl methyl sites for hydroxylation is 1. The minimum Gasteiger partial charge on any atom is -0.380 e. The number of nitrogens with one attached hydrogen (secondary N) is 1. The highest BCUT2D eigenvalue weighted by Gasteiger charge is 2.21. The Morgan fingerprint density at radius 2 is 1.90 bits per heavy atom. The molecular weight excluding hydrogens is 384 g/mol. The minimum atomic E-state index is -0.0688. The molecule has 0 radical (unpaired) electrons. The Balaban J connectivity index is 1.55. The molecule has 0 aliphatic heterocycles. The molecule has 2 aromatic carbocycles. The first kappa shape index (κ1) is 19.1. The van der Waals surface area contributed by atoms with E-state index in [1.54, 1.807) is 12.1 Å². The Kier molecular flexibility index (Phi) is 4.76. The average Bonchev–Trinajstić information content (AvgIpc) is 3.22. The van der Waals surface area contributed by atoms with Crippen LogP contribution in [0.1, 0.15) is 23.6 Å². The fourth-order valence-corrected chi connectivity index (χ4v) is 4.45. The van der Waals surface area contributed by atoms with E-state index in [2.05, 4.69) is 40.6 Å². The highest BCUT2D eigenvalue weighted by atomic mass is 16.1. The maximum Gasteiger partial charge on any atom is 0.198 e. The molecule has 0 saturated carbocycles. The standard InChI is InChI=1S/C26H22N4O/c1-2-30-16-24(20-9-5-6-17(10-20)14-27)25(31)23-13-22(15-28-26(23)30)29-21-11-18-7-3-4-8-19(18)12-21/h3-10,13,15-16,21,29H,2,11-12H2,1H3. The predicted octanol–water partition coefficient (Wildman–Crippen LogP) is 4.53. The maximum absolute atomic E-state index is 13.4. The lowest BCUT2D eigenvalue weighted by atomic mass is 10.0. The Hall–Kier alpha value is -3.91. The Morgan fingerprint density at radius 3 is 2.61 bits per heavy atom. The lowest BCUT2D eigenvalue weighted by molar-refractivity contribution is 0.769. The third kappa shape index (κ3) is 3.47. The molecule has 5 nitrogen and oxygen atoms in total. The van der Waals surface area contributed by atoms with Crippen LogP contribution in [0.2, 0.25) is 0 Å². The second-order valence-corrected chi connectivity index (χ2v) is 7.96. The van der Waals surface area contributed by atoms with Crippen LogP contribution in [0, 0.1) is 11.3 Å². The number of hydrogen-bond donors (Lipinski definition) is 1. The number of pyridine rings is 2. The van der Waals surface area contributed by atoms with Crippen LogP contribution in [0.3, 0.4) is 0 Å². The summed E-state index contributed by atoms with van der Waals surface area (Å²) in [6.45, 7) is 2.72. The van der Waals surface area contributed by atoms with Gasteiger partial charge in [-0.05, 0) is 54.7 Å². The van der Waals surface area contributed by atoms with Gasteiger partial charge in [-0.2, -0.15) is 5.26 Å². The summed E-state index contributed by atoms with van der Waals surface area (Å²) in [5, 5.41) is 13.4. The van der Waals surface area contributed by atoms with Crippen LogP contribution >= 0.6 is 0 Å². The Bertz CT molecular complexity index is 1370. The van der Waals surface area contributed by atoms with Gasteiger partial charge in [0.2, 0.25) is 0 Å². The van der Waals surface area contributed by atoms with Crippen molar-refractivity contribution in [2.75, 3.05) is 5.32 Å². The zero-order valence-corrected chi connectivity index (χ0v) is 17.3. The van der Waals surface area contributed by atoms with Crippen LogP contribution in [0.15, 0.2) is 71.8 Å². The number of benzene rings is 2. The average molecular weight is 406 g/mol. The van der Waals surface area contributed by atoms with E-state index in [0.717, 1.165) is 24.1 Å². The van der Waals surface area contributed by atoms with Crippen LogP contribution in [0.5, 0.6) is 0 Å². The molecular formula is C26H22N4O. The number of rotatable bonds is 4. The maximum atomic E-state index is 13.4. The number of anilines is 1. The van der Waals surface area contributed by atoms with Crippen molar-refractivity contribution >= 4 is 16.7 Å². The van der Waals surface area contributed by atoms with Crippen molar-refractivity contribution in [3.63, 3.8) is 0 Å². The van der Waals surface area contributed by atoms with E-state index in [1.165, 1.54) is 11.1 Å². The summed E-state index contributed by atoms with van der Waals surface area (Å²) >= 11 is 0. The molecule has 0 unspecified atom stereocenters. The van der Waals surface area contributed by atoms with Crippen molar-refractivity contribution in [2.45, 2.75) is 32.4 Å². The second-order valence-electron chi connectivity index (χ2n) is 7.96. The van der Waals surface area contributed by atoms with Gasteiger partial charge < -0.3 is 9.88 Å². The molecule has 2 heterocycles. The first-order valence-corrected chi connectivity index (χ1v) is 10.5. The summed E-state index contributed by atoms with van der Waals surface area (Å²) in [5.74, 6) is 0. The van der Waals surface area contributed by atoms with Crippen molar-refractivity contribution in [1.82, 2.24) is 9.55 Å². The van der Waals surface area contributed by atoms with Gasteiger partial charge in [0.15, 0.2) is 5.43 Å². The van der Waals surface area contributed by atoms with Gasteiger partial charge in [0.25, 0.3) is 0 Å². The fourth-order valence-electron chi connectivity index (χ4n) is 4.45. The molecule has 0 spiro atoms. The molecule has 4 aromatic rings. The molecule has 152 valence electrons. The summed E-state index contributed by atoms with van der Waals surface area (Å²) < 4.78 is 1.99. The van der Waals surface area contributed by atoms with E-state index in [-0.39, 0.29) is 5.43 Å². The van der Waals surface area contributed by atoms with Crippen molar-refractivity contribution in [1.29, 1.82) is 5.26 Å². The third-order valence-corrected chi connectivity index (χ3v) is 5.98. The van der Waals surface area contributed by atoms with Crippen LogP contribution in [-0.2, 0) is 19.4 Å². The molecule has 0 saturated heterocycles. The van der Waals surface area contributed by atoms with Gasteiger partial charge in [-0.25, -0.2) is 4.98 Å². The van der Waals surface area contributed by atoms with Gasteiger partial charge in [0, 0.05) is 24.3 Å². The first-order valence-electron chi connectivity index (χ1n) is 10.5. The highest BCUT2D eigenvalue weighted by molar-refractivity contribution is 5.84. The van der Waals surface area contributed by atoms with E-state index < -0.39 is 0 Å². The number of nitrogens with zero attached hydrogens (tertiary/aromatic N) is 3. The zero-order chi connectivity index (χ0) is 21.4. The molecule has 0 amide bonds. The lowest BCUT2D eigenvalue weighted by Crippen LogP contribution is -2.20. The molecule has 0 bridgehead atoms. The van der Waals surface area contributed by atoms with E-state index in [1.807, 2.05) is 42.1 Å². The number of nitriles is 1. The van der Waals surface area contributed by atoms with Gasteiger partial charge in [-0.1, -0.05) is 36.4 Å². The summed E-state index contributed by atoms with van der Waals surface area (Å²) in [5.41, 5.74) is 6.08. The molecule has 1 aliphatic rings. The van der Waals surface area contributed by atoms with Crippen molar-refractivity contribution < 1.29 is 0 Å². The van der Waals surface area contributed by atoms with Gasteiger partial charge in [-0.15, -0.1) is 0 Å². The molecule has 31 heavy (non-hydrogen) atoms. The molecule has 0 atom stereocenters. The van der Waals surface area contributed by atoms with Gasteiger partial charge in [0.05, 0.1) is 28.9 Å². The fraction of sp³-hybridized carbons (Fsp3) is 0.192. The minimum absolute atomic E-state index is 0.0688. The number of hydrogen-bond acceptors (Lipinski definition) is 4. The molecule has 1 aliphatic carbocycles. The molecule has 5 rings (SSSR count). The smallest absolute Gasteiger partial charge is 0.198 e. The SMILES string of the molecule is CCn1cc(-c2cccc(C#N)c2)c(=O)c2cc(NC3Cc4ccccc4C3)cnc21. The van der Waals surface area contributed by atoms with Crippen LogP contribution in [0.4, 0.5) is 5.69 Å². The quantitative estimate of drug-likeness (QED) is 0.540.